The lowest BCUT2D eigenvalue weighted by Gasteiger charge is -2.23. The summed E-state index contributed by atoms with van der Waals surface area (Å²) in [5, 5.41) is 3.35. The molecule has 0 unspecified atom stereocenters. The van der Waals surface area contributed by atoms with Crippen molar-refractivity contribution in [3.05, 3.63) is 27.7 Å². The third-order valence-corrected chi connectivity index (χ3v) is 3.84. The summed E-state index contributed by atoms with van der Waals surface area (Å²) in [5.74, 6) is 0.987. The van der Waals surface area contributed by atoms with Crippen molar-refractivity contribution in [1.29, 1.82) is 0 Å². The molecule has 1 N–H and O–H groups in total. The molecule has 0 heterocycles. The second-order valence-electron chi connectivity index (χ2n) is 5.55. The van der Waals surface area contributed by atoms with Crippen LogP contribution in [0.2, 0.25) is 0 Å². The number of methoxy groups -OCH3 is 1. The molecule has 1 aromatic carbocycles. The quantitative estimate of drug-likeness (QED) is 0.771. The minimum Gasteiger partial charge on any atom is -0.493 e. The standard InChI is InChI=1S/C16H26BrNO2/c1-6-18-11-13-10-14(17)9-12(2)15(13)20-8-7-16(3,4)19-5/h9-10,18H,6-8,11H2,1-5H3. The van der Waals surface area contributed by atoms with Gasteiger partial charge < -0.3 is 14.8 Å². The zero-order valence-electron chi connectivity index (χ0n) is 13.2. The monoisotopic (exact) mass is 343 g/mol. The van der Waals surface area contributed by atoms with E-state index in [2.05, 4.69) is 61.1 Å². The summed E-state index contributed by atoms with van der Waals surface area (Å²) < 4.78 is 12.5. The van der Waals surface area contributed by atoms with Crippen molar-refractivity contribution in [3.8, 4) is 5.75 Å². The fourth-order valence-electron chi connectivity index (χ4n) is 1.90. The fraction of sp³-hybridized carbons (Fsp3) is 0.625. The maximum Gasteiger partial charge on any atom is 0.126 e. The molecule has 1 aromatic rings. The Hall–Kier alpha value is -0.580. The molecular weight excluding hydrogens is 318 g/mol. The molecule has 0 radical (unpaired) electrons. The number of halogens is 1. The molecule has 0 aromatic heterocycles. The Morgan fingerprint density at radius 3 is 2.60 bits per heavy atom. The lowest BCUT2D eigenvalue weighted by atomic mass is 10.1. The van der Waals surface area contributed by atoms with Crippen LogP contribution < -0.4 is 10.1 Å². The van der Waals surface area contributed by atoms with E-state index >= 15 is 0 Å². The number of hydrogen-bond acceptors (Lipinski definition) is 3. The average molecular weight is 344 g/mol. The Kier molecular flexibility index (Phi) is 7.00. The van der Waals surface area contributed by atoms with Gasteiger partial charge in [-0.05, 0) is 45.0 Å². The van der Waals surface area contributed by atoms with E-state index in [4.69, 9.17) is 9.47 Å². The topological polar surface area (TPSA) is 30.5 Å². The molecule has 0 saturated heterocycles. The van der Waals surface area contributed by atoms with Crippen LogP contribution in [0, 0.1) is 6.92 Å². The van der Waals surface area contributed by atoms with Crippen molar-refractivity contribution < 1.29 is 9.47 Å². The van der Waals surface area contributed by atoms with Crippen LogP contribution in [-0.4, -0.2) is 25.9 Å². The molecule has 0 amide bonds. The Labute approximate surface area is 131 Å². The molecule has 0 aliphatic heterocycles. The van der Waals surface area contributed by atoms with Gasteiger partial charge in [-0.25, -0.2) is 0 Å². The van der Waals surface area contributed by atoms with Crippen LogP contribution >= 0.6 is 15.9 Å². The molecule has 4 heteroatoms. The normalized spacial score (nSPS) is 11.7. The van der Waals surface area contributed by atoms with Crippen molar-refractivity contribution in [1.82, 2.24) is 5.32 Å². The second-order valence-corrected chi connectivity index (χ2v) is 6.47. The number of rotatable bonds is 8. The van der Waals surface area contributed by atoms with Crippen LogP contribution in [0.4, 0.5) is 0 Å². The first-order valence-corrected chi connectivity index (χ1v) is 7.86. The zero-order chi connectivity index (χ0) is 15.2. The van der Waals surface area contributed by atoms with Crippen molar-refractivity contribution in [2.45, 2.75) is 46.3 Å². The molecule has 0 aliphatic carbocycles. The minimum atomic E-state index is -0.148. The van der Waals surface area contributed by atoms with E-state index in [1.54, 1.807) is 7.11 Å². The summed E-state index contributed by atoms with van der Waals surface area (Å²) >= 11 is 3.55. The average Bonchev–Trinajstić information content (AvgIpc) is 2.38. The zero-order valence-corrected chi connectivity index (χ0v) is 14.8. The first kappa shape index (κ1) is 17.5. The Morgan fingerprint density at radius 1 is 1.30 bits per heavy atom. The maximum absolute atomic E-state index is 6.02. The van der Waals surface area contributed by atoms with Crippen LogP contribution in [0.15, 0.2) is 16.6 Å². The van der Waals surface area contributed by atoms with Crippen molar-refractivity contribution in [2.24, 2.45) is 0 Å². The summed E-state index contributed by atoms with van der Waals surface area (Å²) in [7, 11) is 1.74. The predicted octanol–water partition coefficient (Wildman–Crippen LogP) is 4.06. The molecule has 1 rings (SSSR count). The van der Waals surface area contributed by atoms with E-state index < -0.39 is 0 Å². The van der Waals surface area contributed by atoms with Gasteiger partial charge in [0.1, 0.15) is 5.75 Å². The van der Waals surface area contributed by atoms with E-state index in [-0.39, 0.29) is 5.60 Å². The molecule has 0 aliphatic rings. The lowest BCUT2D eigenvalue weighted by molar-refractivity contribution is 0.00531. The number of nitrogens with one attached hydrogen (secondary N) is 1. The molecule has 0 atom stereocenters. The van der Waals surface area contributed by atoms with Gasteiger partial charge >= 0.3 is 0 Å². The lowest BCUT2D eigenvalue weighted by Crippen LogP contribution is -2.25. The Morgan fingerprint density at radius 2 is 2.00 bits per heavy atom. The fourth-order valence-corrected chi connectivity index (χ4v) is 2.52. The van der Waals surface area contributed by atoms with Crippen LogP contribution in [0.1, 0.15) is 38.3 Å². The van der Waals surface area contributed by atoms with E-state index in [0.717, 1.165) is 35.3 Å². The largest absolute Gasteiger partial charge is 0.493 e. The van der Waals surface area contributed by atoms with Gasteiger partial charge in [-0.2, -0.15) is 0 Å². The van der Waals surface area contributed by atoms with E-state index in [1.807, 2.05) is 0 Å². The van der Waals surface area contributed by atoms with Gasteiger partial charge in [-0.3, -0.25) is 0 Å². The third-order valence-electron chi connectivity index (χ3n) is 3.38. The van der Waals surface area contributed by atoms with Crippen LogP contribution in [0.25, 0.3) is 0 Å². The first-order valence-electron chi connectivity index (χ1n) is 7.07. The van der Waals surface area contributed by atoms with Gasteiger partial charge in [-0.15, -0.1) is 0 Å². The molecule has 0 spiro atoms. The predicted molar refractivity (Wildman–Crippen MR) is 87.5 cm³/mol. The summed E-state index contributed by atoms with van der Waals surface area (Å²) in [4.78, 5) is 0. The molecule has 20 heavy (non-hydrogen) atoms. The summed E-state index contributed by atoms with van der Waals surface area (Å²) in [5.41, 5.74) is 2.20. The smallest absolute Gasteiger partial charge is 0.126 e. The SMILES string of the molecule is CCNCc1cc(Br)cc(C)c1OCCC(C)(C)OC. The molecule has 0 saturated carbocycles. The van der Waals surface area contributed by atoms with Gasteiger partial charge in [0, 0.05) is 30.1 Å². The minimum absolute atomic E-state index is 0.148. The summed E-state index contributed by atoms with van der Waals surface area (Å²) in [6.07, 6.45) is 0.861. The Bertz CT molecular complexity index is 433. The van der Waals surface area contributed by atoms with E-state index in [9.17, 15) is 0 Å². The van der Waals surface area contributed by atoms with Gasteiger partial charge in [0.25, 0.3) is 0 Å². The number of aryl methyl sites for hydroxylation is 1. The highest BCUT2D eigenvalue weighted by Crippen LogP contribution is 2.28. The van der Waals surface area contributed by atoms with Gasteiger partial charge in [0.15, 0.2) is 0 Å². The van der Waals surface area contributed by atoms with Crippen molar-refractivity contribution in [3.63, 3.8) is 0 Å². The van der Waals surface area contributed by atoms with Crippen LogP contribution in [0.5, 0.6) is 5.75 Å². The van der Waals surface area contributed by atoms with Crippen LogP contribution in [0.3, 0.4) is 0 Å². The van der Waals surface area contributed by atoms with E-state index in [1.165, 1.54) is 5.56 Å². The van der Waals surface area contributed by atoms with Gasteiger partial charge in [0.2, 0.25) is 0 Å². The highest BCUT2D eigenvalue weighted by Gasteiger charge is 2.17. The third kappa shape index (κ3) is 5.43. The summed E-state index contributed by atoms with van der Waals surface area (Å²) in [6, 6.07) is 4.21. The van der Waals surface area contributed by atoms with Crippen molar-refractivity contribution in [2.75, 3.05) is 20.3 Å². The van der Waals surface area contributed by atoms with Gasteiger partial charge in [-0.1, -0.05) is 22.9 Å². The maximum atomic E-state index is 6.02. The summed E-state index contributed by atoms with van der Waals surface area (Å²) in [6.45, 7) is 10.8. The number of hydrogen-bond donors (Lipinski definition) is 1. The molecular formula is C16H26BrNO2. The number of ether oxygens (including phenoxy) is 2. The molecule has 0 fully saturated rings. The molecule has 3 nitrogen and oxygen atoms in total. The van der Waals surface area contributed by atoms with Crippen molar-refractivity contribution >= 4 is 15.9 Å². The highest BCUT2D eigenvalue weighted by molar-refractivity contribution is 9.10. The second kappa shape index (κ2) is 8.01. The molecule has 0 bridgehead atoms. The first-order chi connectivity index (χ1) is 9.39. The molecule has 114 valence electrons. The Balaban J connectivity index is 2.77. The van der Waals surface area contributed by atoms with Gasteiger partial charge in [0.05, 0.1) is 12.2 Å². The van der Waals surface area contributed by atoms with Crippen LogP contribution in [-0.2, 0) is 11.3 Å². The highest BCUT2D eigenvalue weighted by atomic mass is 79.9. The number of benzene rings is 1. The van der Waals surface area contributed by atoms with E-state index in [0.29, 0.717) is 6.61 Å².